The first-order chi connectivity index (χ1) is 21.8. The lowest BCUT2D eigenvalue weighted by Gasteiger charge is -2.59. The smallest absolute Gasteiger partial charge is 0.317 e. The molecule has 0 amide bonds. The van der Waals surface area contributed by atoms with E-state index in [0.717, 1.165) is 36.8 Å². The average molecular weight is 685 g/mol. The van der Waals surface area contributed by atoms with Crippen LogP contribution in [0.25, 0.3) is 0 Å². The fourth-order valence-electron chi connectivity index (χ4n) is 9.35. The highest BCUT2D eigenvalue weighted by Gasteiger charge is 2.53. The highest BCUT2D eigenvalue weighted by atomic mass is 16.6. The van der Waals surface area contributed by atoms with Gasteiger partial charge in [-0.25, -0.2) is 0 Å². The van der Waals surface area contributed by atoms with Crippen molar-refractivity contribution in [2.45, 2.75) is 187 Å². The van der Waals surface area contributed by atoms with Crippen LogP contribution in [-0.4, -0.2) is 73.8 Å². The van der Waals surface area contributed by atoms with E-state index in [-0.39, 0.29) is 38.9 Å². The van der Waals surface area contributed by atoms with Crippen molar-refractivity contribution >= 4 is 11.9 Å². The normalized spacial score (nSPS) is 24.0. The van der Waals surface area contributed by atoms with Crippen LogP contribution in [0.4, 0.5) is 0 Å². The Morgan fingerprint density at radius 2 is 1.08 bits per heavy atom. The van der Waals surface area contributed by atoms with E-state index in [0.29, 0.717) is 23.8 Å². The molecule has 0 bridgehead atoms. The minimum absolute atomic E-state index is 0.0567. The molecule has 1 aromatic rings. The number of carbonyl (C=O) groups excluding carboxylic acids is 1. The molecule has 2 N–H and O–H groups in total. The molecule has 49 heavy (non-hydrogen) atoms. The van der Waals surface area contributed by atoms with Crippen molar-refractivity contribution in [3.8, 4) is 0 Å². The summed E-state index contributed by atoms with van der Waals surface area (Å²) in [4.78, 5) is 30.1. The van der Waals surface area contributed by atoms with Crippen LogP contribution >= 0.6 is 0 Å². The topological polar surface area (TPSA) is 90.3 Å². The lowest BCUT2D eigenvalue weighted by atomic mass is 9.59. The molecule has 0 aromatic heterocycles. The van der Waals surface area contributed by atoms with Crippen LogP contribution in [0, 0.1) is 17.8 Å². The average Bonchev–Trinajstić information content (AvgIpc) is 2.90. The monoisotopic (exact) mass is 685 g/mol. The van der Waals surface area contributed by atoms with Gasteiger partial charge in [0.1, 0.15) is 18.1 Å². The largest absolute Gasteiger partial charge is 0.481 e. The van der Waals surface area contributed by atoms with Gasteiger partial charge >= 0.3 is 11.9 Å². The number of aliphatic hydroxyl groups excluding tert-OH is 1. The van der Waals surface area contributed by atoms with Gasteiger partial charge in [-0.2, -0.15) is 0 Å². The number of rotatable bonds is 9. The number of hydrogen-bond donors (Lipinski definition) is 2. The minimum Gasteiger partial charge on any atom is -0.481 e. The van der Waals surface area contributed by atoms with E-state index in [1.807, 2.05) is 6.92 Å². The first kappa shape index (κ1) is 41.5. The number of aliphatic carboxylic acids is 1. The van der Waals surface area contributed by atoms with Gasteiger partial charge in [0, 0.05) is 22.2 Å². The Balaban J connectivity index is 2.27. The van der Waals surface area contributed by atoms with Crippen molar-refractivity contribution in [2.75, 3.05) is 14.1 Å². The second-order valence-electron chi connectivity index (χ2n) is 20.7. The summed E-state index contributed by atoms with van der Waals surface area (Å²) in [7, 11) is 4.45. The van der Waals surface area contributed by atoms with Crippen LogP contribution in [0.15, 0.2) is 18.2 Å². The maximum absolute atomic E-state index is 13.4. The quantitative estimate of drug-likeness (QED) is 0.198. The first-order valence-corrected chi connectivity index (χ1v) is 18.6. The van der Waals surface area contributed by atoms with Crippen molar-refractivity contribution < 1.29 is 24.5 Å². The standard InChI is InChI=1S/C42H72N2O5/c1-36(2,3)30-18-27(19-31(20-30)37(4,5)6)35(48)42(15,49-34(47)21-33(45)46)26-32(28-22-38(7,8)43(16)39(9,10)23-28)29-24-40(11,12)44(17)41(13,14)25-29/h18-20,28-29,32,35,48H,21-26H2,1-17H3,(H,45,46). The van der Waals surface area contributed by atoms with Crippen molar-refractivity contribution in [3.63, 3.8) is 0 Å². The highest BCUT2D eigenvalue weighted by Crippen LogP contribution is 2.53. The second-order valence-corrected chi connectivity index (χ2v) is 20.7. The van der Waals surface area contributed by atoms with E-state index >= 15 is 0 Å². The minimum atomic E-state index is -1.36. The van der Waals surface area contributed by atoms with Crippen LogP contribution in [0.1, 0.15) is 165 Å². The molecule has 2 fully saturated rings. The van der Waals surface area contributed by atoms with E-state index in [4.69, 9.17) is 4.74 Å². The summed E-state index contributed by atoms with van der Waals surface area (Å²) in [6, 6.07) is 6.34. The fraction of sp³-hybridized carbons (Fsp3) is 0.810. The van der Waals surface area contributed by atoms with Gasteiger partial charge in [0.15, 0.2) is 0 Å². The molecule has 1 aromatic carbocycles. The fourth-order valence-corrected chi connectivity index (χ4v) is 9.35. The summed E-state index contributed by atoms with van der Waals surface area (Å²) < 4.78 is 6.29. The Labute approximate surface area is 299 Å². The summed E-state index contributed by atoms with van der Waals surface area (Å²) in [6.45, 7) is 33.5. The number of nitrogens with zero attached hydrogens (tertiary/aromatic N) is 2. The molecule has 0 radical (unpaired) electrons. The Morgan fingerprint density at radius 1 is 0.735 bits per heavy atom. The number of likely N-dealkylation sites (tertiary alicyclic amines) is 2. The van der Waals surface area contributed by atoms with Gasteiger partial charge in [-0.3, -0.25) is 19.4 Å². The molecule has 2 saturated heterocycles. The molecule has 2 atom stereocenters. The molecule has 0 spiro atoms. The SMILES string of the molecule is CN1C(C)(C)CC(C(CC(C)(OC(=O)CC(=O)O)C(O)c2cc(C(C)(C)C)cc(C(C)(C)C)c2)C2CC(C)(C)N(C)C(C)(C)C2)CC1(C)C. The van der Waals surface area contributed by atoms with Crippen LogP contribution in [0.5, 0.6) is 0 Å². The molecular weight excluding hydrogens is 612 g/mol. The van der Waals surface area contributed by atoms with Gasteiger partial charge in [-0.05, 0) is 154 Å². The van der Waals surface area contributed by atoms with Crippen LogP contribution in [-0.2, 0) is 25.2 Å². The van der Waals surface area contributed by atoms with Crippen molar-refractivity contribution in [3.05, 3.63) is 34.9 Å². The second kappa shape index (κ2) is 13.5. The summed E-state index contributed by atoms with van der Waals surface area (Å²) in [6.07, 6.45) is 2.45. The van der Waals surface area contributed by atoms with E-state index in [9.17, 15) is 19.8 Å². The van der Waals surface area contributed by atoms with Crippen molar-refractivity contribution in [1.29, 1.82) is 0 Å². The third kappa shape index (κ3) is 9.29. The third-order valence-corrected chi connectivity index (χ3v) is 12.8. The molecule has 7 heteroatoms. The predicted molar refractivity (Wildman–Crippen MR) is 201 cm³/mol. The Morgan fingerprint density at radius 3 is 1.39 bits per heavy atom. The number of carboxylic acid groups (broad SMARTS) is 1. The Hall–Kier alpha value is -1.96. The number of carboxylic acids is 1. The summed E-state index contributed by atoms with van der Waals surface area (Å²) in [5.41, 5.74) is 0.962. The van der Waals surface area contributed by atoms with Gasteiger partial charge in [0.2, 0.25) is 0 Å². The highest BCUT2D eigenvalue weighted by molar-refractivity contribution is 5.90. The lowest BCUT2D eigenvalue weighted by molar-refractivity contribution is -0.182. The summed E-state index contributed by atoms with van der Waals surface area (Å²) in [5.74, 6) is -1.33. The zero-order valence-electron chi connectivity index (χ0n) is 34.3. The van der Waals surface area contributed by atoms with Crippen LogP contribution in [0.3, 0.4) is 0 Å². The van der Waals surface area contributed by atoms with Crippen LogP contribution in [0.2, 0.25) is 0 Å². The molecule has 2 aliphatic heterocycles. The summed E-state index contributed by atoms with van der Waals surface area (Å²) >= 11 is 0. The number of piperidine rings is 2. The molecule has 0 saturated carbocycles. The molecule has 2 aliphatic rings. The molecular formula is C42H72N2O5. The van der Waals surface area contributed by atoms with Gasteiger partial charge in [-0.15, -0.1) is 0 Å². The van der Waals surface area contributed by atoms with Crippen molar-refractivity contribution in [1.82, 2.24) is 9.80 Å². The zero-order chi connectivity index (χ0) is 37.9. The van der Waals surface area contributed by atoms with Gasteiger partial charge in [0.25, 0.3) is 0 Å². The molecule has 3 rings (SSSR count). The molecule has 280 valence electrons. The summed E-state index contributed by atoms with van der Waals surface area (Å²) in [5, 5.41) is 22.2. The number of ether oxygens (including phenoxy) is 1. The molecule has 0 aliphatic carbocycles. The van der Waals surface area contributed by atoms with Gasteiger partial charge in [0.05, 0.1) is 0 Å². The van der Waals surface area contributed by atoms with E-state index in [1.54, 1.807) is 0 Å². The maximum atomic E-state index is 13.4. The van der Waals surface area contributed by atoms with E-state index < -0.39 is 30.1 Å². The van der Waals surface area contributed by atoms with Crippen LogP contribution < -0.4 is 0 Å². The van der Waals surface area contributed by atoms with E-state index in [1.165, 1.54) is 0 Å². The Kier molecular flexibility index (Phi) is 11.5. The number of aliphatic hydroxyl groups is 1. The number of esters is 1. The molecule has 2 heterocycles. The number of hydrogen-bond acceptors (Lipinski definition) is 6. The third-order valence-electron chi connectivity index (χ3n) is 12.8. The Bertz CT molecular complexity index is 1250. The van der Waals surface area contributed by atoms with Gasteiger partial charge < -0.3 is 14.9 Å². The molecule has 2 unspecified atom stereocenters. The number of benzene rings is 1. The molecule has 7 nitrogen and oxygen atoms in total. The van der Waals surface area contributed by atoms with E-state index in [2.05, 4.69) is 139 Å². The first-order valence-electron chi connectivity index (χ1n) is 18.6. The predicted octanol–water partition coefficient (Wildman–Crippen LogP) is 8.90. The van der Waals surface area contributed by atoms with Crippen molar-refractivity contribution in [2.24, 2.45) is 17.8 Å². The zero-order valence-corrected chi connectivity index (χ0v) is 34.3. The number of carbonyl (C=O) groups is 2. The maximum Gasteiger partial charge on any atom is 0.317 e. The lowest BCUT2D eigenvalue weighted by Crippen LogP contribution is -2.62. The van der Waals surface area contributed by atoms with Gasteiger partial charge in [-0.1, -0.05) is 59.7 Å².